The molecule has 3 nitrogen and oxygen atoms in total. The van der Waals surface area contributed by atoms with E-state index < -0.39 is 0 Å². The van der Waals surface area contributed by atoms with Crippen LogP contribution in [0.15, 0.2) is 45.7 Å². The van der Waals surface area contributed by atoms with E-state index in [-0.39, 0.29) is 10.5 Å². The monoisotopic (exact) mass is 414 g/mol. The summed E-state index contributed by atoms with van der Waals surface area (Å²) >= 11 is 13.4. The molecule has 2 N–H and O–H groups in total. The summed E-state index contributed by atoms with van der Waals surface area (Å²) in [4.78, 5) is 16.7. The number of benzene rings is 2. The zero-order chi connectivity index (χ0) is 14.3. The number of alkyl halides is 1. The van der Waals surface area contributed by atoms with Crippen LogP contribution in [0.4, 0.5) is 0 Å². The second-order valence-electron chi connectivity index (χ2n) is 4.39. The predicted molar refractivity (Wildman–Crippen MR) is 88.8 cm³/mol. The molecule has 1 aromatic heterocycles. The van der Waals surface area contributed by atoms with Gasteiger partial charge in [0.1, 0.15) is 0 Å². The summed E-state index contributed by atoms with van der Waals surface area (Å²) in [5, 5.41) is 0.678. The first-order valence-corrected chi connectivity index (χ1v) is 7.95. The molecule has 0 amide bonds. The van der Waals surface area contributed by atoms with Gasteiger partial charge in [-0.05, 0) is 45.3 Å². The zero-order valence-corrected chi connectivity index (χ0v) is 14.0. The van der Waals surface area contributed by atoms with Crippen LogP contribution in [0.1, 0.15) is 16.0 Å². The summed E-state index contributed by atoms with van der Waals surface area (Å²) in [5.74, 6) is 0. The Morgan fingerprint density at radius 2 is 1.85 bits per heavy atom. The van der Waals surface area contributed by atoms with Gasteiger partial charge in [-0.2, -0.15) is 0 Å². The van der Waals surface area contributed by atoms with Crippen molar-refractivity contribution < 1.29 is 0 Å². The van der Waals surface area contributed by atoms with E-state index in [1.165, 1.54) is 0 Å². The highest BCUT2D eigenvalue weighted by Gasteiger charge is 2.16. The Labute approximate surface area is 136 Å². The molecule has 0 saturated carbocycles. The molecule has 102 valence electrons. The molecular formula is C14H9Br2ClN2O. The average molecular weight is 417 g/mol. The van der Waals surface area contributed by atoms with Crippen LogP contribution in [0.3, 0.4) is 0 Å². The number of hydrogen-bond donors (Lipinski definition) is 2. The third-order valence-electron chi connectivity index (χ3n) is 3.09. The Balaban J connectivity index is 2.09. The van der Waals surface area contributed by atoms with Crippen molar-refractivity contribution in [2.45, 2.75) is 4.83 Å². The van der Waals surface area contributed by atoms with Crippen molar-refractivity contribution in [2.75, 3.05) is 0 Å². The number of aromatic nitrogens is 2. The van der Waals surface area contributed by atoms with Crippen LogP contribution >= 0.6 is 43.5 Å². The van der Waals surface area contributed by atoms with E-state index >= 15 is 0 Å². The molecule has 6 heteroatoms. The molecule has 1 heterocycles. The molecule has 0 aliphatic carbocycles. The first-order valence-electron chi connectivity index (χ1n) is 5.86. The highest BCUT2D eigenvalue weighted by atomic mass is 79.9. The second-order valence-corrected chi connectivity index (χ2v) is 6.54. The minimum absolute atomic E-state index is 0.0460. The Bertz CT molecular complexity index is 841. The van der Waals surface area contributed by atoms with Gasteiger partial charge in [-0.3, -0.25) is 0 Å². The Morgan fingerprint density at radius 1 is 1.10 bits per heavy atom. The lowest BCUT2D eigenvalue weighted by Crippen LogP contribution is -1.99. The van der Waals surface area contributed by atoms with Gasteiger partial charge in [0.2, 0.25) is 0 Å². The van der Waals surface area contributed by atoms with Crippen LogP contribution in [-0.4, -0.2) is 9.97 Å². The SMILES string of the molecule is O=c1[nH]c2ccc(C(Br)c3cccc(Br)c3Cl)cc2[nH]1. The largest absolute Gasteiger partial charge is 0.323 e. The number of halogens is 3. The highest BCUT2D eigenvalue weighted by molar-refractivity contribution is 9.10. The smallest absolute Gasteiger partial charge is 0.306 e. The summed E-state index contributed by atoms with van der Waals surface area (Å²) in [5.41, 5.74) is 3.36. The lowest BCUT2D eigenvalue weighted by atomic mass is 10.0. The molecule has 0 saturated heterocycles. The van der Waals surface area contributed by atoms with Gasteiger partial charge < -0.3 is 9.97 Å². The summed E-state index contributed by atoms with van der Waals surface area (Å²) in [6, 6.07) is 11.6. The molecule has 0 bridgehead atoms. The molecule has 3 aromatic rings. The summed E-state index contributed by atoms with van der Waals surface area (Å²) in [6.45, 7) is 0. The standard InChI is InChI=1S/C14H9Br2ClN2O/c15-9-3-1-2-8(13(9)17)12(16)7-4-5-10-11(6-7)19-14(20)18-10/h1-6,12H,(H2,18,19,20). The zero-order valence-electron chi connectivity index (χ0n) is 10.1. The molecule has 2 aromatic carbocycles. The quantitative estimate of drug-likeness (QED) is 0.582. The molecule has 0 aliphatic rings. The minimum Gasteiger partial charge on any atom is -0.306 e. The van der Waals surface area contributed by atoms with Gasteiger partial charge in [-0.25, -0.2) is 4.79 Å². The molecule has 20 heavy (non-hydrogen) atoms. The highest BCUT2D eigenvalue weighted by Crippen LogP contribution is 2.38. The number of H-pyrrole nitrogens is 2. The van der Waals surface area contributed by atoms with Gasteiger partial charge in [0.25, 0.3) is 0 Å². The number of imidazole rings is 1. The van der Waals surface area contributed by atoms with Crippen molar-refractivity contribution in [3.63, 3.8) is 0 Å². The topological polar surface area (TPSA) is 48.6 Å². The molecule has 1 unspecified atom stereocenters. The summed E-state index contributed by atoms with van der Waals surface area (Å²) in [7, 11) is 0. The molecule has 0 spiro atoms. The van der Waals surface area contributed by atoms with E-state index in [0.29, 0.717) is 5.02 Å². The fraction of sp³-hybridized carbons (Fsp3) is 0.0714. The maximum atomic E-state index is 11.3. The van der Waals surface area contributed by atoms with Crippen molar-refractivity contribution in [2.24, 2.45) is 0 Å². The molecule has 0 radical (unpaired) electrons. The van der Waals surface area contributed by atoms with Gasteiger partial charge >= 0.3 is 5.69 Å². The molecule has 3 rings (SSSR count). The van der Waals surface area contributed by atoms with E-state index in [0.717, 1.165) is 26.6 Å². The second kappa shape index (κ2) is 5.39. The Kier molecular flexibility index (Phi) is 3.75. The number of aromatic amines is 2. The van der Waals surface area contributed by atoms with Gasteiger partial charge in [-0.15, -0.1) is 0 Å². The normalized spacial score (nSPS) is 12.8. The third-order valence-corrected chi connectivity index (χ3v) is 5.42. The van der Waals surface area contributed by atoms with Crippen LogP contribution in [0.25, 0.3) is 11.0 Å². The summed E-state index contributed by atoms with van der Waals surface area (Å²) < 4.78 is 0.859. The van der Waals surface area contributed by atoms with Crippen molar-refractivity contribution in [1.29, 1.82) is 0 Å². The fourth-order valence-electron chi connectivity index (χ4n) is 2.10. The van der Waals surface area contributed by atoms with Crippen LogP contribution in [-0.2, 0) is 0 Å². The Morgan fingerprint density at radius 3 is 2.65 bits per heavy atom. The first-order chi connectivity index (χ1) is 9.56. The number of fused-ring (bicyclic) bond motifs is 1. The maximum absolute atomic E-state index is 11.3. The van der Waals surface area contributed by atoms with Crippen LogP contribution in [0, 0.1) is 0 Å². The van der Waals surface area contributed by atoms with Crippen molar-refractivity contribution in [1.82, 2.24) is 9.97 Å². The molecule has 0 fully saturated rings. The number of nitrogens with one attached hydrogen (secondary N) is 2. The van der Waals surface area contributed by atoms with E-state index in [4.69, 9.17) is 11.6 Å². The maximum Gasteiger partial charge on any atom is 0.323 e. The lowest BCUT2D eigenvalue weighted by molar-refractivity contribution is 1.18. The third kappa shape index (κ3) is 2.45. The van der Waals surface area contributed by atoms with Gasteiger partial charge in [0.05, 0.1) is 20.9 Å². The Hall–Kier alpha value is -1.04. The van der Waals surface area contributed by atoms with Crippen LogP contribution < -0.4 is 5.69 Å². The first kappa shape index (κ1) is 13.9. The van der Waals surface area contributed by atoms with Crippen molar-refractivity contribution >= 4 is 54.5 Å². The van der Waals surface area contributed by atoms with E-state index in [2.05, 4.69) is 41.8 Å². The van der Waals surface area contributed by atoms with Gasteiger partial charge in [-0.1, -0.05) is 45.7 Å². The van der Waals surface area contributed by atoms with Crippen LogP contribution in [0.2, 0.25) is 5.02 Å². The van der Waals surface area contributed by atoms with Gasteiger partial charge in [0, 0.05) is 4.47 Å². The van der Waals surface area contributed by atoms with Crippen molar-refractivity contribution in [3.8, 4) is 0 Å². The molecular weight excluding hydrogens is 407 g/mol. The van der Waals surface area contributed by atoms with Gasteiger partial charge in [0.15, 0.2) is 0 Å². The van der Waals surface area contributed by atoms with Crippen LogP contribution in [0.5, 0.6) is 0 Å². The van der Waals surface area contributed by atoms with Crippen molar-refractivity contribution in [3.05, 3.63) is 67.5 Å². The average Bonchev–Trinajstić information content (AvgIpc) is 2.80. The van der Waals surface area contributed by atoms with E-state index in [9.17, 15) is 4.79 Å². The van der Waals surface area contributed by atoms with E-state index in [1.807, 2.05) is 36.4 Å². The predicted octanol–water partition coefficient (Wildman–Crippen LogP) is 4.76. The molecule has 0 aliphatic heterocycles. The summed E-state index contributed by atoms with van der Waals surface area (Å²) in [6.07, 6.45) is 0. The van der Waals surface area contributed by atoms with E-state index in [1.54, 1.807) is 0 Å². The lowest BCUT2D eigenvalue weighted by Gasteiger charge is -2.13. The fourth-order valence-corrected chi connectivity index (χ4v) is 3.52. The number of hydrogen-bond acceptors (Lipinski definition) is 1. The minimum atomic E-state index is -0.205. The molecule has 1 atom stereocenters. The number of rotatable bonds is 2.